The minimum Gasteiger partial charge on any atom is -0.205 e. The first-order valence-electron chi connectivity index (χ1n) is 12.3. The summed E-state index contributed by atoms with van der Waals surface area (Å²) in [4.78, 5) is 1.76. The highest BCUT2D eigenvalue weighted by molar-refractivity contribution is 7.24. The van der Waals surface area contributed by atoms with E-state index in [9.17, 15) is 0 Å². The van der Waals surface area contributed by atoms with E-state index in [1.165, 1.54) is 57.2 Å². The molecule has 0 N–H and O–H groups in total. The van der Waals surface area contributed by atoms with Crippen LogP contribution in [-0.2, 0) is 0 Å². The van der Waals surface area contributed by atoms with Gasteiger partial charge < -0.3 is 0 Å². The molecule has 0 amide bonds. The maximum atomic E-state index is 16.4. The molecule has 8 rings (SSSR count). The Morgan fingerprint density at radius 1 is 0.650 bits per heavy atom. The molecular weight excluding hydrogens is 615 g/mol. The molecule has 0 aliphatic carbocycles. The molecule has 40 heavy (non-hydrogen) atoms. The molecule has 0 aliphatic heterocycles. The zero-order valence-electron chi connectivity index (χ0n) is 21.2. The second kappa shape index (κ2) is 9.28. The Hall–Kier alpha value is -2.46. The molecule has 0 saturated heterocycles. The van der Waals surface area contributed by atoms with Gasteiger partial charge in [0.25, 0.3) is 0 Å². The lowest BCUT2D eigenvalue weighted by atomic mass is 10.0. The predicted molar refractivity (Wildman–Crippen MR) is 180 cm³/mol. The summed E-state index contributed by atoms with van der Waals surface area (Å²) >= 11 is 14.8. The van der Waals surface area contributed by atoms with Crippen LogP contribution in [0.5, 0.6) is 0 Å². The van der Waals surface area contributed by atoms with Crippen LogP contribution in [0.1, 0.15) is 29.7 Å². The molecular formula is C31H22ClFN2S5. The minimum absolute atomic E-state index is 0. The van der Waals surface area contributed by atoms with Crippen molar-refractivity contribution in [1.29, 1.82) is 0 Å². The van der Waals surface area contributed by atoms with Crippen LogP contribution in [-0.4, -0.2) is 8.75 Å². The van der Waals surface area contributed by atoms with Crippen molar-refractivity contribution in [3.05, 3.63) is 68.1 Å². The monoisotopic (exact) mass is 636 g/mol. The Bertz CT molecular complexity index is 2040. The summed E-state index contributed by atoms with van der Waals surface area (Å²) < 4.78 is 30.7. The van der Waals surface area contributed by atoms with Gasteiger partial charge in [0, 0.05) is 34.1 Å². The second-order valence-corrected chi connectivity index (χ2v) is 14.7. The first kappa shape index (κ1) is 26.4. The number of halogens is 2. The van der Waals surface area contributed by atoms with Crippen molar-refractivity contribution in [2.24, 2.45) is 0 Å². The van der Waals surface area contributed by atoms with Gasteiger partial charge in [0.05, 0.1) is 22.3 Å². The van der Waals surface area contributed by atoms with E-state index in [4.69, 9.17) is 11.6 Å². The lowest BCUT2D eigenvalue weighted by molar-refractivity contribution is 0.634. The molecule has 0 spiro atoms. The highest BCUT2D eigenvalue weighted by atomic mass is 35.5. The number of thiophene rings is 4. The SMILES string of the molecule is C.Cc1c2cc(-c3c(F)c(Cl)c(-c4cc5c(C)c6sccc6c(C)c5s4)c4nsnc34)sc2c(C)c2ccsc12. The van der Waals surface area contributed by atoms with Crippen LogP contribution >= 0.6 is 68.7 Å². The van der Waals surface area contributed by atoms with E-state index >= 15 is 4.39 Å². The van der Waals surface area contributed by atoms with Gasteiger partial charge in [-0.25, -0.2) is 4.39 Å². The molecule has 8 aromatic rings. The molecule has 0 aliphatic rings. The number of aromatic nitrogens is 2. The lowest BCUT2D eigenvalue weighted by Crippen LogP contribution is -1.91. The van der Waals surface area contributed by atoms with Gasteiger partial charge in [-0.3, -0.25) is 0 Å². The number of fused-ring (bicyclic) bond motifs is 5. The fourth-order valence-corrected chi connectivity index (χ4v) is 11.2. The van der Waals surface area contributed by atoms with E-state index in [1.54, 1.807) is 45.3 Å². The summed E-state index contributed by atoms with van der Waals surface area (Å²) in [7, 11) is 0. The lowest BCUT2D eigenvalue weighted by Gasteiger charge is -2.09. The van der Waals surface area contributed by atoms with Crippen molar-refractivity contribution < 1.29 is 4.39 Å². The van der Waals surface area contributed by atoms with E-state index in [1.807, 2.05) is 0 Å². The van der Waals surface area contributed by atoms with Crippen molar-refractivity contribution in [2.45, 2.75) is 35.1 Å². The molecule has 0 fully saturated rings. The van der Waals surface area contributed by atoms with Crippen LogP contribution in [0.2, 0.25) is 5.02 Å². The van der Waals surface area contributed by atoms with Crippen LogP contribution in [0.15, 0.2) is 35.0 Å². The summed E-state index contributed by atoms with van der Waals surface area (Å²) in [6.07, 6.45) is 0. The number of benzene rings is 3. The number of hydrogen-bond donors (Lipinski definition) is 0. The number of hydrogen-bond acceptors (Lipinski definition) is 7. The molecule has 0 saturated carbocycles. The van der Waals surface area contributed by atoms with E-state index in [-0.39, 0.29) is 12.4 Å². The standard InChI is InChI=1S/C30H18ClFN2S5.CH4/c1-11-15-5-7-35-27(15)13(3)17-9-19(37-29(11)17)21-23(31)24(32)22(26-25(21)33-39-34-26)20-10-18-14(4)28-16(6-8-36-28)12(2)30(18)38-20;/h5-10H,1-4H3;1H4. The van der Waals surface area contributed by atoms with E-state index in [2.05, 4.69) is 71.5 Å². The van der Waals surface area contributed by atoms with E-state index in [0.29, 0.717) is 22.2 Å². The average Bonchev–Trinajstić information content (AvgIpc) is 3.75. The quantitative estimate of drug-likeness (QED) is 0.189. The zero-order valence-corrected chi connectivity index (χ0v) is 26.0. The molecule has 9 heteroatoms. The highest BCUT2D eigenvalue weighted by Gasteiger charge is 2.27. The van der Waals surface area contributed by atoms with Crippen LogP contribution in [0, 0.1) is 33.5 Å². The maximum absolute atomic E-state index is 16.4. The molecule has 5 heterocycles. The molecule has 0 atom stereocenters. The Kier molecular flexibility index (Phi) is 6.13. The van der Waals surface area contributed by atoms with Crippen LogP contribution in [0.3, 0.4) is 0 Å². The van der Waals surface area contributed by atoms with Gasteiger partial charge in [-0.1, -0.05) is 19.0 Å². The van der Waals surface area contributed by atoms with Gasteiger partial charge in [0.1, 0.15) is 11.0 Å². The topological polar surface area (TPSA) is 25.8 Å². The Labute approximate surface area is 255 Å². The van der Waals surface area contributed by atoms with Crippen molar-refractivity contribution in [3.63, 3.8) is 0 Å². The van der Waals surface area contributed by atoms with Crippen molar-refractivity contribution in [3.8, 4) is 20.9 Å². The first-order chi connectivity index (χ1) is 18.8. The van der Waals surface area contributed by atoms with Crippen molar-refractivity contribution >= 4 is 120 Å². The fraction of sp³-hybridized carbons (Fsp3) is 0.161. The zero-order chi connectivity index (χ0) is 26.7. The Balaban J connectivity index is 0.00000264. The van der Waals surface area contributed by atoms with Gasteiger partial charge in [0.2, 0.25) is 0 Å². The molecule has 2 nitrogen and oxygen atoms in total. The van der Waals surface area contributed by atoms with Gasteiger partial charge in [-0.15, -0.1) is 45.3 Å². The first-order valence-corrected chi connectivity index (χ1v) is 16.8. The fourth-order valence-electron chi connectivity index (χ4n) is 5.82. The van der Waals surface area contributed by atoms with Gasteiger partial charge in [0.15, 0.2) is 5.82 Å². The number of nitrogens with zero attached hydrogens (tertiary/aromatic N) is 2. The highest BCUT2D eigenvalue weighted by Crippen LogP contribution is 2.50. The largest absolute Gasteiger partial charge is 0.205 e. The third kappa shape index (κ3) is 3.41. The smallest absolute Gasteiger partial charge is 0.153 e. The summed E-state index contributed by atoms with van der Waals surface area (Å²) in [5, 5.41) is 9.29. The number of rotatable bonds is 2. The third-order valence-corrected chi connectivity index (χ3v) is 13.4. The summed E-state index contributed by atoms with van der Waals surface area (Å²) in [6, 6.07) is 8.62. The maximum Gasteiger partial charge on any atom is 0.153 e. The second-order valence-electron chi connectivity index (χ2n) is 9.87. The molecule has 200 valence electrons. The number of aryl methyl sites for hydroxylation is 4. The molecule has 5 aromatic heterocycles. The molecule has 0 bridgehead atoms. The van der Waals surface area contributed by atoms with E-state index < -0.39 is 5.82 Å². The Morgan fingerprint density at radius 2 is 1.10 bits per heavy atom. The third-order valence-electron chi connectivity index (χ3n) is 7.86. The van der Waals surface area contributed by atoms with Crippen molar-refractivity contribution in [1.82, 2.24) is 8.75 Å². The van der Waals surface area contributed by atoms with Gasteiger partial charge in [-0.2, -0.15) is 8.75 Å². The molecule has 3 aromatic carbocycles. The minimum atomic E-state index is -0.428. The Morgan fingerprint density at radius 3 is 1.62 bits per heavy atom. The summed E-state index contributed by atoms with van der Waals surface area (Å²) in [6.45, 7) is 8.63. The normalized spacial score (nSPS) is 12.1. The van der Waals surface area contributed by atoms with Crippen molar-refractivity contribution in [2.75, 3.05) is 0 Å². The predicted octanol–water partition coefficient (Wildman–Crippen LogP) is 12.5. The van der Waals surface area contributed by atoms with E-state index in [0.717, 1.165) is 26.9 Å². The van der Waals surface area contributed by atoms with Crippen LogP contribution in [0.4, 0.5) is 4.39 Å². The summed E-state index contributed by atoms with van der Waals surface area (Å²) in [5.74, 6) is -0.428. The van der Waals surface area contributed by atoms with Crippen LogP contribution < -0.4 is 0 Å². The average molecular weight is 637 g/mol. The van der Waals surface area contributed by atoms with Crippen LogP contribution in [0.25, 0.3) is 72.3 Å². The summed E-state index contributed by atoms with van der Waals surface area (Å²) in [5.41, 5.74) is 7.29. The molecule has 0 unspecified atom stereocenters. The molecule has 0 radical (unpaired) electrons. The van der Waals surface area contributed by atoms with Gasteiger partial charge in [-0.05, 0) is 107 Å². The van der Waals surface area contributed by atoms with Gasteiger partial charge >= 0.3 is 0 Å².